The first kappa shape index (κ1) is 56.6. The summed E-state index contributed by atoms with van der Waals surface area (Å²) in [5, 5.41) is 14.1. The molecule has 0 aliphatic rings. The van der Waals surface area contributed by atoms with Crippen LogP contribution >= 0.6 is 156 Å². The summed E-state index contributed by atoms with van der Waals surface area (Å²) in [6, 6.07) is 28.4. The molecule has 7 nitrogen and oxygen atoms in total. The smallest absolute Gasteiger partial charge is 0.226 e. The van der Waals surface area contributed by atoms with Gasteiger partial charge in [0.1, 0.15) is 5.78 Å². The van der Waals surface area contributed by atoms with Crippen LogP contribution in [0.4, 0.5) is 0 Å². The molecular formula is C45H33BrCl11N5O2S. The Balaban J connectivity index is 0.000000217. The number of alkyl halides is 1. The third kappa shape index (κ3) is 19.8. The summed E-state index contributed by atoms with van der Waals surface area (Å²) in [4.78, 5) is 34.6. The van der Waals surface area contributed by atoms with E-state index >= 15 is 0 Å². The number of ketones is 1. The minimum absolute atomic E-state index is 0.0648. The van der Waals surface area contributed by atoms with Crippen LogP contribution in [0.1, 0.15) is 39.2 Å². The number of aromatic amines is 3. The summed E-state index contributed by atoms with van der Waals surface area (Å²) in [5.41, 5.74) is 5.80. The van der Waals surface area contributed by atoms with Crippen molar-refractivity contribution in [3.63, 3.8) is 0 Å². The first-order valence-corrected chi connectivity index (χ1v) is 24.1. The summed E-state index contributed by atoms with van der Waals surface area (Å²) in [7, 11) is 0. The number of H-pyrrole nitrogens is 3. The SMILES string of the molecule is Clc1cccc(Cl)c1Cc1cnc[nH]1.N#CCc1c(Cl)cccc1Cl.O=C(CBr)Cc1c(Cl)cccc1Cl.O=C(Cl)Cc1c(Cl)cccc1Cl.S=c1[nH]cc(Cc2c(Cl)cccc2Cl)[nH]1. The Labute approximate surface area is 444 Å². The highest BCUT2D eigenvalue weighted by atomic mass is 79.9. The second kappa shape index (κ2) is 29.9. The lowest BCUT2D eigenvalue weighted by Gasteiger charge is -2.04. The molecule has 2 aromatic heterocycles. The Morgan fingerprint density at radius 3 is 1.26 bits per heavy atom. The number of Topliss-reactive ketones (excluding diaryl/α,β-unsaturated/α-hetero) is 1. The average Bonchev–Trinajstić information content (AvgIpc) is 3.94. The summed E-state index contributed by atoms with van der Waals surface area (Å²) in [6.07, 6.45) is 7.16. The molecule has 65 heavy (non-hydrogen) atoms. The Bertz CT molecular complexity index is 2660. The molecule has 0 radical (unpaired) electrons. The van der Waals surface area contributed by atoms with Crippen molar-refractivity contribution < 1.29 is 9.59 Å². The van der Waals surface area contributed by atoms with Gasteiger partial charge < -0.3 is 15.0 Å². The van der Waals surface area contributed by atoms with Gasteiger partial charge in [-0.1, -0.05) is 162 Å². The number of benzene rings is 5. The highest BCUT2D eigenvalue weighted by molar-refractivity contribution is 9.09. The highest BCUT2D eigenvalue weighted by Gasteiger charge is 2.11. The van der Waals surface area contributed by atoms with E-state index < -0.39 is 5.24 Å². The number of hydrogen-bond acceptors (Lipinski definition) is 5. The van der Waals surface area contributed by atoms with Crippen LogP contribution in [0.15, 0.2) is 110 Å². The number of nitriles is 1. The topological polar surface area (TPSA) is 118 Å². The van der Waals surface area contributed by atoms with Gasteiger partial charge in [0.15, 0.2) is 4.77 Å². The quantitative estimate of drug-likeness (QED) is 0.0716. The van der Waals surface area contributed by atoms with E-state index in [0.29, 0.717) is 89.9 Å². The molecule has 0 saturated heterocycles. The maximum Gasteiger partial charge on any atom is 0.226 e. The van der Waals surface area contributed by atoms with Gasteiger partial charge in [-0.15, -0.1) is 0 Å². The van der Waals surface area contributed by atoms with Crippen LogP contribution < -0.4 is 0 Å². The summed E-state index contributed by atoms with van der Waals surface area (Å²) in [5.74, 6) is 0.0648. The van der Waals surface area contributed by atoms with Gasteiger partial charge in [-0.25, -0.2) is 4.98 Å². The Morgan fingerprint density at radius 1 is 0.569 bits per heavy atom. The van der Waals surface area contributed by atoms with Crippen molar-refractivity contribution >= 4 is 167 Å². The minimum atomic E-state index is -0.468. The van der Waals surface area contributed by atoms with Gasteiger partial charge in [-0.2, -0.15) is 5.26 Å². The Kier molecular flexibility index (Phi) is 26.0. The summed E-state index contributed by atoms with van der Waals surface area (Å²) in [6.45, 7) is 0. The molecule has 0 atom stereocenters. The van der Waals surface area contributed by atoms with Gasteiger partial charge in [-0.3, -0.25) is 9.59 Å². The van der Waals surface area contributed by atoms with Gasteiger partial charge in [0.2, 0.25) is 5.24 Å². The number of carbonyl (C=O) groups is 2. The van der Waals surface area contributed by atoms with Crippen LogP contribution in [-0.2, 0) is 41.7 Å². The standard InChI is InChI=1S/C10H8Cl2N2S.C10H8Cl2N2.C9H7BrCl2O.C8H5Cl3O.C8H5Cl2N/c11-8-2-1-3-9(12)7(8)4-6-5-13-10(15)14-6;11-9-2-1-3-10(12)8(9)4-7-5-13-6-14-7;10-5-6(13)4-7-8(11)2-1-3-9(7)12;9-6-2-1-3-7(10)5(6)4-8(11)12;9-7-2-1-3-8(10)6(7)4-5-11/h1-3,5H,4H2,(H2,13,14,15);1-3,5-6H,4H2,(H,13,14);1-3H,4-5H2;1-3H,4H2;1-3H,4H2. The van der Waals surface area contributed by atoms with E-state index in [0.717, 1.165) is 22.5 Å². The van der Waals surface area contributed by atoms with Crippen molar-refractivity contribution in [2.75, 3.05) is 5.33 Å². The first-order chi connectivity index (χ1) is 30.9. The number of nitrogens with one attached hydrogen (secondary N) is 3. The number of nitrogens with zero attached hydrogens (tertiary/aromatic N) is 2. The first-order valence-electron chi connectivity index (χ1n) is 18.5. The van der Waals surface area contributed by atoms with Gasteiger partial charge in [0.25, 0.3) is 0 Å². The minimum Gasteiger partial charge on any atom is -0.348 e. The normalized spacial score (nSPS) is 10.1. The molecule has 20 heteroatoms. The van der Waals surface area contributed by atoms with E-state index in [1.807, 2.05) is 48.7 Å². The molecule has 340 valence electrons. The van der Waals surface area contributed by atoms with E-state index in [1.54, 1.807) is 67.1 Å². The fraction of sp³-hybridized carbons (Fsp3) is 0.133. The second-order valence-electron chi connectivity index (χ2n) is 12.9. The van der Waals surface area contributed by atoms with Crippen LogP contribution in [0, 0.1) is 16.1 Å². The van der Waals surface area contributed by atoms with Crippen molar-refractivity contribution in [1.82, 2.24) is 19.9 Å². The molecule has 3 N–H and O–H groups in total. The van der Waals surface area contributed by atoms with Crippen molar-refractivity contribution in [3.05, 3.63) is 204 Å². The molecule has 0 bridgehead atoms. The molecule has 0 saturated carbocycles. The van der Waals surface area contributed by atoms with Crippen LogP contribution in [-0.4, -0.2) is 36.3 Å². The van der Waals surface area contributed by atoms with Gasteiger partial charge in [0.05, 0.1) is 24.1 Å². The Hall–Kier alpha value is -2.76. The van der Waals surface area contributed by atoms with E-state index in [2.05, 4.69) is 35.9 Å². The largest absolute Gasteiger partial charge is 0.348 e. The fourth-order valence-electron chi connectivity index (χ4n) is 5.20. The lowest BCUT2D eigenvalue weighted by molar-refractivity contribution is -0.116. The fourth-order valence-corrected chi connectivity index (χ4v) is 8.37. The van der Waals surface area contributed by atoms with Crippen molar-refractivity contribution in [1.29, 1.82) is 5.26 Å². The summed E-state index contributed by atoms with van der Waals surface area (Å²) < 4.78 is 0.605. The van der Waals surface area contributed by atoms with Crippen molar-refractivity contribution in [2.24, 2.45) is 0 Å². The van der Waals surface area contributed by atoms with E-state index in [9.17, 15) is 9.59 Å². The lowest BCUT2D eigenvalue weighted by Crippen LogP contribution is -2.04. The summed E-state index contributed by atoms with van der Waals surface area (Å²) >= 11 is 72.2. The maximum absolute atomic E-state index is 11.1. The number of carbonyl (C=O) groups excluding carboxylic acids is 2. The number of aromatic nitrogens is 4. The molecule has 0 fully saturated rings. The molecule has 5 aromatic carbocycles. The van der Waals surface area contributed by atoms with Crippen LogP contribution in [0.5, 0.6) is 0 Å². The average molecular weight is 1180 g/mol. The van der Waals surface area contributed by atoms with Crippen LogP contribution in [0.2, 0.25) is 50.2 Å². The van der Waals surface area contributed by atoms with E-state index in [4.69, 9.17) is 145 Å². The number of rotatable bonds is 10. The second-order valence-corrected chi connectivity index (χ2v) is 18.4. The van der Waals surface area contributed by atoms with Gasteiger partial charge in [-0.05, 0) is 107 Å². The zero-order valence-corrected chi connectivity index (χ0v) is 44.0. The molecule has 0 amide bonds. The monoisotopic (exact) mass is 1170 g/mol. The third-order valence-corrected chi connectivity index (χ3v) is 12.9. The Morgan fingerprint density at radius 2 is 0.938 bits per heavy atom. The molecular weight excluding hydrogens is 1140 g/mol. The highest BCUT2D eigenvalue weighted by Crippen LogP contribution is 2.29. The third-order valence-electron chi connectivity index (χ3n) is 8.34. The molecule has 2 heterocycles. The maximum atomic E-state index is 11.1. The zero-order chi connectivity index (χ0) is 48.1. The van der Waals surface area contributed by atoms with Crippen LogP contribution in [0.3, 0.4) is 0 Å². The van der Waals surface area contributed by atoms with Crippen LogP contribution in [0.25, 0.3) is 0 Å². The molecule has 0 aliphatic carbocycles. The van der Waals surface area contributed by atoms with Crippen molar-refractivity contribution in [2.45, 2.75) is 32.1 Å². The van der Waals surface area contributed by atoms with E-state index in [-0.39, 0.29) is 25.0 Å². The zero-order valence-electron chi connectivity index (χ0n) is 33.3. The van der Waals surface area contributed by atoms with Gasteiger partial charge in [0, 0.05) is 105 Å². The van der Waals surface area contributed by atoms with Gasteiger partial charge >= 0.3 is 0 Å². The predicted molar refractivity (Wildman–Crippen MR) is 279 cm³/mol. The molecule has 0 unspecified atom stereocenters. The molecule has 7 rings (SSSR count). The van der Waals surface area contributed by atoms with E-state index in [1.165, 1.54) is 0 Å². The lowest BCUT2D eigenvalue weighted by atomic mass is 10.1. The van der Waals surface area contributed by atoms with Crippen molar-refractivity contribution in [3.8, 4) is 6.07 Å². The number of imidazole rings is 2. The predicted octanol–water partition coefficient (Wildman–Crippen LogP) is 17.1. The number of halogens is 12. The number of hydrogen-bond donors (Lipinski definition) is 3. The molecule has 7 aromatic rings. The molecule has 0 spiro atoms. The molecule has 0 aliphatic heterocycles.